The number of hydrogen-bond donors (Lipinski definition) is 0. The minimum Gasteiger partial charge on any atom is -0.255 e. The predicted octanol–water partition coefficient (Wildman–Crippen LogP) is 2.73. The molecule has 0 fully saturated rings. The zero-order chi connectivity index (χ0) is 11.1. The van der Waals surface area contributed by atoms with Crippen LogP contribution in [0, 0.1) is 6.92 Å². The van der Waals surface area contributed by atoms with Gasteiger partial charge in [0.25, 0.3) is 0 Å². The van der Waals surface area contributed by atoms with Crippen LogP contribution in [0.5, 0.6) is 0 Å². The molecule has 17 heavy (non-hydrogen) atoms. The van der Waals surface area contributed by atoms with Crippen molar-refractivity contribution in [2.24, 2.45) is 7.05 Å². The van der Waals surface area contributed by atoms with E-state index in [0.29, 0.717) is 0 Å². The first kappa shape index (κ1) is 12.2. The van der Waals surface area contributed by atoms with Gasteiger partial charge in [0.2, 0.25) is 0 Å². The molecule has 3 rings (SSSR count). The van der Waals surface area contributed by atoms with E-state index in [1.54, 1.807) is 0 Å². The molecule has 0 amide bonds. The Hall–Kier alpha value is -1.31. The monoisotopic (exact) mass is 403 g/mol. The Kier molecular flexibility index (Phi) is 3.23. The maximum atomic E-state index is 4.11. The molecule has 0 spiro atoms. The Balaban J connectivity index is 0.00000108. The summed E-state index contributed by atoms with van der Waals surface area (Å²) < 4.78 is 4.20. The van der Waals surface area contributed by atoms with Gasteiger partial charge in [-0.1, -0.05) is 17.2 Å². The predicted molar refractivity (Wildman–Crippen MR) is 65.8 cm³/mol. The zero-order valence-electron chi connectivity index (χ0n) is 9.68. The summed E-state index contributed by atoms with van der Waals surface area (Å²) in [7, 11) is 2.03. The van der Waals surface area contributed by atoms with Crippen molar-refractivity contribution < 1.29 is 20.1 Å². The van der Waals surface area contributed by atoms with E-state index in [-0.39, 0.29) is 20.1 Å². The molecule has 1 heterocycles. The van der Waals surface area contributed by atoms with Crippen molar-refractivity contribution >= 4 is 5.70 Å². The van der Waals surface area contributed by atoms with Crippen molar-refractivity contribution in [1.29, 1.82) is 0 Å². The number of hydrogen-bond acceptors (Lipinski definition) is 0. The second-order valence-corrected chi connectivity index (χ2v) is 4.23. The van der Waals surface area contributed by atoms with Gasteiger partial charge >= 0.3 is 0 Å². The minimum absolute atomic E-state index is 0. The van der Waals surface area contributed by atoms with Crippen LogP contribution < -0.4 is 0 Å². The molecule has 1 aromatic heterocycles. The number of nitrogens with zero attached hydrogens (tertiary/aromatic N) is 2. The van der Waals surface area contributed by atoms with E-state index in [1.165, 1.54) is 16.8 Å². The van der Waals surface area contributed by atoms with Crippen molar-refractivity contribution in [3.05, 3.63) is 66.6 Å². The smallest absolute Gasteiger partial charge is 0.164 e. The molecule has 0 bridgehead atoms. The first-order valence-corrected chi connectivity index (χ1v) is 5.43. The number of fused-ring (bicyclic) bond motifs is 1. The third-order valence-electron chi connectivity index (χ3n) is 3.06. The SMILES string of the molecule is [CH2-]c1cccc2c1C(n1ccn(C)[cH+]1)=CC2.[Ir]. The van der Waals surface area contributed by atoms with Gasteiger partial charge in [-0.25, -0.2) is 0 Å². The second-order valence-electron chi connectivity index (χ2n) is 4.23. The molecule has 2 nitrogen and oxygen atoms in total. The minimum atomic E-state index is 0. The van der Waals surface area contributed by atoms with Crippen LogP contribution in [0.3, 0.4) is 0 Å². The fourth-order valence-corrected chi connectivity index (χ4v) is 2.29. The average Bonchev–Trinajstić information content (AvgIpc) is 2.84. The van der Waals surface area contributed by atoms with E-state index in [2.05, 4.69) is 48.3 Å². The molecule has 1 aliphatic carbocycles. The van der Waals surface area contributed by atoms with Crippen molar-refractivity contribution in [1.82, 2.24) is 9.13 Å². The van der Waals surface area contributed by atoms with Crippen LogP contribution in [0.15, 0.2) is 43.0 Å². The van der Waals surface area contributed by atoms with Crippen molar-refractivity contribution in [3.63, 3.8) is 0 Å². The number of allylic oxidation sites excluding steroid dienone is 1. The molecule has 1 radical (unpaired) electrons. The summed E-state index contributed by atoms with van der Waals surface area (Å²) in [6.07, 6.45) is 9.47. The second kappa shape index (κ2) is 4.52. The molecule has 2 aromatic rings. The van der Waals surface area contributed by atoms with E-state index < -0.39 is 0 Å². The van der Waals surface area contributed by atoms with Crippen LogP contribution in [-0.4, -0.2) is 9.13 Å². The zero-order valence-corrected chi connectivity index (χ0v) is 12.1. The molecular weight excluding hydrogens is 388 g/mol. The third kappa shape index (κ3) is 1.97. The number of rotatable bonds is 1. The Morgan fingerprint density at radius 2 is 2.12 bits per heavy atom. The molecular formula is C14H14IrN2. The summed E-state index contributed by atoms with van der Waals surface area (Å²) in [5.41, 5.74) is 5.02. The average molecular weight is 402 g/mol. The maximum absolute atomic E-state index is 4.11. The maximum Gasteiger partial charge on any atom is 0.164 e. The topological polar surface area (TPSA) is 9.86 Å². The van der Waals surface area contributed by atoms with Gasteiger partial charge in [0.1, 0.15) is 12.4 Å². The van der Waals surface area contributed by atoms with E-state index >= 15 is 0 Å². The largest absolute Gasteiger partial charge is 0.255 e. The summed E-state index contributed by atoms with van der Waals surface area (Å²) in [5.74, 6) is 0. The van der Waals surface area contributed by atoms with Gasteiger partial charge in [0.15, 0.2) is 6.33 Å². The van der Waals surface area contributed by atoms with Gasteiger partial charge in [-0.3, -0.25) is 4.57 Å². The molecule has 1 aromatic carbocycles. The number of aryl methyl sites for hydroxylation is 1. The van der Waals surface area contributed by atoms with Crippen molar-refractivity contribution in [2.75, 3.05) is 0 Å². The summed E-state index contributed by atoms with van der Waals surface area (Å²) in [4.78, 5) is 0. The first-order chi connectivity index (χ1) is 7.75. The van der Waals surface area contributed by atoms with Crippen LogP contribution in [0.2, 0.25) is 0 Å². The van der Waals surface area contributed by atoms with Gasteiger partial charge < -0.3 is 0 Å². The Labute approximate surface area is 115 Å². The summed E-state index contributed by atoms with van der Waals surface area (Å²) in [6, 6.07) is 6.33. The number of benzene rings is 1. The van der Waals surface area contributed by atoms with Gasteiger partial charge in [-0.05, 0) is 12.5 Å². The number of imidazole rings is 1. The van der Waals surface area contributed by atoms with E-state index in [4.69, 9.17) is 0 Å². The molecule has 1 aliphatic rings. The van der Waals surface area contributed by atoms with Crippen molar-refractivity contribution in [3.8, 4) is 0 Å². The Bertz CT molecular complexity index is 582. The van der Waals surface area contributed by atoms with Crippen molar-refractivity contribution in [2.45, 2.75) is 6.42 Å². The van der Waals surface area contributed by atoms with Crippen LogP contribution in [-0.2, 0) is 33.6 Å². The van der Waals surface area contributed by atoms with E-state index in [9.17, 15) is 0 Å². The molecule has 89 valence electrons. The summed E-state index contributed by atoms with van der Waals surface area (Å²) in [6.45, 7) is 4.11. The normalized spacial score (nSPS) is 12.9. The molecule has 0 atom stereocenters. The van der Waals surface area contributed by atoms with Gasteiger partial charge in [0, 0.05) is 27.2 Å². The molecule has 0 N–H and O–H groups in total. The molecule has 0 saturated heterocycles. The molecule has 0 saturated carbocycles. The molecule has 0 aliphatic heterocycles. The van der Waals surface area contributed by atoms with Crippen LogP contribution in [0.1, 0.15) is 16.7 Å². The first-order valence-electron chi connectivity index (χ1n) is 5.43. The fourth-order valence-electron chi connectivity index (χ4n) is 2.29. The third-order valence-corrected chi connectivity index (χ3v) is 3.06. The van der Waals surface area contributed by atoms with Crippen LogP contribution >= 0.6 is 0 Å². The Morgan fingerprint density at radius 1 is 1.29 bits per heavy atom. The van der Waals surface area contributed by atoms with Gasteiger partial charge in [-0.15, -0.1) is 6.07 Å². The number of aromatic nitrogens is 2. The summed E-state index contributed by atoms with van der Waals surface area (Å²) in [5, 5.41) is 0. The van der Waals surface area contributed by atoms with Gasteiger partial charge in [-0.2, -0.15) is 23.1 Å². The standard InChI is InChI=1S/C14H14N2.Ir/c1-11-4-3-5-12-6-7-13(14(11)12)16-9-8-15(2)10-16;/h3-5,7-10H,1,6H2,2H3;. The molecule has 3 heteroatoms. The van der Waals surface area contributed by atoms with E-state index in [1.807, 2.05) is 17.8 Å². The van der Waals surface area contributed by atoms with Crippen LogP contribution in [0.4, 0.5) is 0 Å². The van der Waals surface area contributed by atoms with E-state index in [0.717, 1.165) is 12.0 Å². The summed E-state index contributed by atoms with van der Waals surface area (Å²) >= 11 is 0. The fraction of sp³-hybridized carbons (Fsp3) is 0.143. The molecule has 0 unspecified atom stereocenters. The van der Waals surface area contributed by atoms with Gasteiger partial charge in [0.05, 0.1) is 5.70 Å². The quantitative estimate of drug-likeness (QED) is 0.650. The van der Waals surface area contributed by atoms with Crippen LogP contribution in [0.25, 0.3) is 5.70 Å². The Morgan fingerprint density at radius 3 is 2.82 bits per heavy atom.